The van der Waals surface area contributed by atoms with Crippen molar-refractivity contribution >= 4 is 45.9 Å². The maximum Gasteiger partial charge on any atom is 0.241 e. The Morgan fingerprint density at radius 1 is 1.11 bits per heavy atom. The minimum absolute atomic E-state index is 0.0189. The molecule has 2 heterocycles. The SMILES string of the molecule is COc1ccc2cc(C3SC(C)C(=O)N3c3ccccc3OC)c(Cl)nc2c1. The zero-order valence-electron chi connectivity index (χ0n) is 15.7. The van der Waals surface area contributed by atoms with Gasteiger partial charge in [-0.3, -0.25) is 9.69 Å². The number of aromatic nitrogens is 1. The van der Waals surface area contributed by atoms with Crippen LogP contribution in [-0.4, -0.2) is 30.4 Å². The monoisotopic (exact) mass is 414 g/mol. The molecule has 0 N–H and O–H groups in total. The number of para-hydroxylation sites is 2. The van der Waals surface area contributed by atoms with Crippen LogP contribution in [0.1, 0.15) is 17.9 Å². The van der Waals surface area contributed by atoms with Crippen molar-refractivity contribution in [3.63, 3.8) is 0 Å². The third-order valence-corrected chi connectivity index (χ3v) is 6.40. The Kier molecular flexibility index (Phi) is 5.08. The molecule has 144 valence electrons. The molecule has 2 aromatic carbocycles. The van der Waals surface area contributed by atoms with E-state index in [1.165, 1.54) is 0 Å². The third kappa shape index (κ3) is 3.16. The van der Waals surface area contributed by atoms with E-state index in [1.807, 2.05) is 55.5 Å². The van der Waals surface area contributed by atoms with Crippen LogP contribution in [0.2, 0.25) is 5.15 Å². The Bertz CT molecular complexity index is 1060. The molecule has 0 aliphatic carbocycles. The van der Waals surface area contributed by atoms with Gasteiger partial charge in [-0.2, -0.15) is 0 Å². The number of carbonyl (C=O) groups excluding carboxylic acids is 1. The predicted octanol–water partition coefficient (Wildman–Crippen LogP) is 5.07. The number of hydrogen-bond acceptors (Lipinski definition) is 5. The molecule has 1 saturated heterocycles. The lowest BCUT2D eigenvalue weighted by atomic mass is 10.1. The van der Waals surface area contributed by atoms with Gasteiger partial charge in [0.05, 0.1) is 30.7 Å². The number of halogens is 1. The summed E-state index contributed by atoms with van der Waals surface area (Å²) in [7, 11) is 3.22. The molecule has 0 bridgehead atoms. The molecule has 1 aliphatic heterocycles. The highest BCUT2D eigenvalue weighted by atomic mass is 35.5. The molecule has 28 heavy (non-hydrogen) atoms. The lowest BCUT2D eigenvalue weighted by Crippen LogP contribution is -2.30. The van der Waals surface area contributed by atoms with Gasteiger partial charge in [-0.05, 0) is 37.3 Å². The average Bonchev–Trinajstić information content (AvgIpc) is 3.01. The minimum atomic E-state index is -0.287. The van der Waals surface area contributed by atoms with Crippen LogP contribution in [0.3, 0.4) is 0 Å². The van der Waals surface area contributed by atoms with E-state index in [2.05, 4.69) is 4.98 Å². The van der Waals surface area contributed by atoms with Gasteiger partial charge < -0.3 is 9.47 Å². The molecule has 1 aliphatic rings. The first-order valence-corrected chi connectivity index (χ1v) is 10.1. The van der Waals surface area contributed by atoms with Crippen LogP contribution in [0.15, 0.2) is 48.5 Å². The Morgan fingerprint density at radius 3 is 2.64 bits per heavy atom. The van der Waals surface area contributed by atoms with Crippen molar-refractivity contribution in [1.29, 1.82) is 0 Å². The van der Waals surface area contributed by atoms with E-state index in [9.17, 15) is 4.79 Å². The molecule has 1 aromatic heterocycles. The lowest BCUT2D eigenvalue weighted by Gasteiger charge is -2.26. The largest absolute Gasteiger partial charge is 0.497 e. The minimum Gasteiger partial charge on any atom is -0.497 e. The summed E-state index contributed by atoms with van der Waals surface area (Å²) in [4.78, 5) is 19.3. The molecule has 2 atom stereocenters. The maximum absolute atomic E-state index is 13.0. The van der Waals surface area contributed by atoms with Crippen LogP contribution in [0.4, 0.5) is 5.69 Å². The Labute approximate surface area is 172 Å². The second-order valence-corrected chi connectivity index (χ2v) is 8.22. The summed E-state index contributed by atoms with van der Waals surface area (Å²) < 4.78 is 10.8. The summed E-state index contributed by atoms with van der Waals surface area (Å²) in [6, 6.07) is 15.2. The molecule has 0 spiro atoms. The van der Waals surface area contributed by atoms with Gasteiger partial charge in [0.25, 0.3) is 0 Å². The summed E-state index contributed by atoms with van der Waals surface area (Å²) in [6.07, 6.45) is 0. The number of methoxy groups -OCH3 is 2. The van der Waals surface area contributed by atoms with E-state index in [4.69, 9.17) is 21.1 Å². The van der Waals surface area contributed by atoms with Crippen molar-refractivity contribution < 1.29 is 14.3 Å². The third-order valence-electron chi connectivity index (χ3n) is 4.77. The van der Waals surface area contributed by atoms with Gasteiger partial charge in [-0.25, -0.2) is 4.98 Å². The first-order chi connectivity index (χ1) is 13.5. The molecule has 7 heteroatoms. The number of anilines is 1. The molecular formula is C21H19ClN2O3S. The second kappa shape index (κ2) is 7.53. The van der Waals surface area contributed by atoms with E-state index >= 15 is 0 Å². The summed E-state index contributed by atoms with van der Waals surface area (Å²) in [5, 5.41) is 0.829. The van der Waals surface area contributed by atoms with Crippen molar-refractivity contribution in [2.24, 2.45) is 0 Å². The molecule has 4 rings (SSSR count). The van der Waals surface area contributed by atoms with E-state index in [-0.39, 0.29) is 16.5 Å². The van der Waals surface area contributed by atoms with Gasteiger partial charge in [-0.15, -0.1) is 11.8 Å². The van der Waals surface area contributed by atoms with E-state index < -0.39 is 0 Å². The fraction of sp³-hybridized carbons (Fsp3) is 0.238. The lowest BCUT2D eigenvalue weighted by molar-refractivity contribution is -0.117. The molecule has 2 unspecified atom stereocenters. The van der Waals surface area contributed by atoms with E-state index in [1.54, 1.807) is 30.9 Å². The zero-order valence-corrected chi connectivity index (χ0v) is 17.3. The van der Waals surface area contributed by atoms with Crippen LogP contribution in [0.5, 0.6) is 11.5 Å². The van der Waals surface area contributed by atoms with E-state index in [0.717, 1.165) is 27.9 Å². The normalized spacial score (nSPS) is 19.3. The van der Waals surface area contributed by atoms with Crippen LogP contribution in [0.25, 0.3) is 10.9 Å². The van der Waals surface area contributed by atoms with Gasteiger partial charge in [0.2, 0.25) is 5.91 Å². The summed E-state index contributed by atoms with van der Waals surface area (Å²) >= 11 is 8.12. The molecule has 1 amide bonds. The second-order valence-electron chi connectivity index (χ2n) is 6.44. The number of rotatable bonds is 4. The number of benzene rings is 2. The number of carbonyl (C=O) groups is 1. The molecule has 0 saturated carbocycles. The van der Waals surface area contributed by atoms with Crippen molar-refractivity contribution in [1.82, 2.24) is 4.98 Å². The van der Waals surface area contributed by atoms with Crippen LogP contribution in [-0.2, 0) is 4.79 Å². The van der Waals surface area contributed by atoms with Gasteiger partial charge in [0.1, 0.15) is 22.0 Å². The topological polar surface area (TPSA) is 51.7 Å². The quantitative estimate of drug-likeness (QED) is 0.557. The number of thioether (sulfide) groups is 1. The highest BCUT2D eigenvalue weighted by Gasteiger charge is 2.41. The molecule has 0 radical (unpaired) electrons. The van der Waals surface area contributed by atoms with Crippen molar-refractivity contribution in [3.8, 4) is 11.5 Å². The Balaban J connectivity index is 1.84. The van der Waals surface area contributed by atoms with Gasteiger partial charge in [0.15, 0.2) is 0 Å². The van der Waals surface area contributed by atoms with Gasteiger partial charge in [0, 0.05) is 17.0 Å². The maximum atomic E-state index is 13.0. The van der Waals surface area contributed by atoms with Crippen LogP contribution in [0, 0.1) is 0 Å². The molecular weight excluding hydrogens is 396 g/mol. The summed E-state index contributed by atoms with van der Waals surface area (Å²) in [5.74, 6) is 1.38. The number of amides is 1. The number of pyridine rings is 1. The van der Waals surface area contributed by atoms with Crippen LogP contribution >= 0.6 is 23.4 Å². The standard InChI is InChI=1S/C21H19ClN2O3S/c1-12-20(25)24(17-6-4-5-7-18(17)27-3)21(28-12)15-10-13-8-9-14(26-2)11-16(13)23-19(15)22/h4-12,21H,1-3H3. The average molecular weight is 415 g/mol. The Morgan fingerprint density at radius 2 is 1.89 bits per heavy atom. The van der Waals surface area contributed by atoms with Crippen LogP contribution < -0.4 is 14.4 Å². The predicted molar refractivity (Wildman–Crippen MR) is 114 cm³/mol. The molecule has 5 nitrogen and oxygen atoms in total. The van der Waals surface area contributed by atoms with Gasteiger partial charge >= 0.3 is 0 Å². The number of hydrogen-bond donors (Lipinski definition) is 0. The fourth-order valence-electron chi connectivity index (χ4n) is 3.35. The van der Waals surface area contributed by atoms with Crippen molar-refractivity contribution in [2.45, 2.75) is 17.5 Å². The zero-order chi connectivity index (χ0) is 19.8. The fourth-order valence-corrected chi connectivity index (χ4v) is 4.95. The van der Waals surface area contributed by atoms with E-state index in [0.29, 0.717) is 10.9 Å². The number of fused-ring (bicyclic) bond motifs is 1. The number of ether oxygens (including phenoxy) is 2. The highest BCUT2D eigenvalue weighted by Crippen LogP contribution is 2.49. The summed E-state index contributed by atoms with van der Waals surface area (Å²) in [6.45, 7) is 1.91. The first kappa shape index (κ1) is 18.9. The first-order valence-electron chi connectivity index (χ1n) is 8.79. The molecule has 1 fully saturated rings. The molecule has 3 aromatic rings. The van der Waals surface area contributed by atoms with Crippen molar-refractivity contribution in [2.75, 3.05) is 19.1 Å². The highest BCUT2D eigenvalue weighted by molar-refractivity contribution is 8.01. The number of nitrogens with zero attached hydrogens (tertiary/aromatic N) is 2. The Hall–Kier alpha value is -2.44. The summed E-state index contributed by atoms with van der Waals surface area (Å²) in [5.41, 5.74) is 2.27. The smallest absolute Gasteiger partial charge is 0.241 e. The van der Waals surface area contributed by atoms with Crippen molar-refractivity contribution in [3.05, 3.63) is 59.2 Å². The van der Waals surface area contributed by atoms with Gasteiger partial charge in [-0.1, -0.05) is 23.7 Å².